The van der Waals surface area contributed by atoms with Crippen LogP contribution in [-0.4, -0.2) is 22.4 Å². The van der Waals surface area contributed by atoms with Crippen LogP contribution in [0.5, 0.6) is 0 Å². The fourth-order valence-electron chi connectivity index (χ4n) is 2.85. The summed E-state index contributed by atoms with van der Waals surface area (Å²) in [5.74, 6) is 0.596. The Hall–Kier alpha value is -3.26. The summed E-state index contributed by atoms with van der Waals surface area (Å²) in [6, 6.07) is 13.7. The van der Waals surface area contributed by atoms with Crippen molar-refractivity contribution < 1.29 is 9.21 Å². The van der Waals surface area contributed by atoms with Gasteiger partial charge in [-0.15, -0.1) is 0 Å². The lowest BCUT2D eigenvalue weighted by Crippen LogP contribution is -2.27. The van der Waals surface area contributed by atoms with Gasteiger partial charge >= 0.3 is 0 Å². The van der Waals surface area contributed by atoms with Crippen molar-refractivity contribution in [3.63, 3.8) is 0 Å². The van der Waals surface area contributed by atoms with E-state index in [1.54, 1.807) is 35.8 Å². The molecule has 0 aliphatic heterocycles. The topological polar surface area (TPSA) is 62.2 Å². The summed E-state index contributed by atoms with van der Waals surface area (Å²) in [6.07, 6.45) is 3.56. The van der Waals surface area contributed by atoms with E-state index in [4.69, 9.17) is 4.42 Å². The van der Waals surface area contributed by atoms with Gasteiger partial charge in [0, 0.05) is 26.0 Å². The number of rotatable bonds is 4. The molecule has 25 heavy (non-hydrogen) atoms. The van der Waals surface area contributed by atoms with E-state index in [9.17, 15) is 10.1 Å². The first-order valence-electron chi connectivity index (χ1n) is 7.99. The lowest BCUT2D eigenvalue weighted by atomic mass is 10.1. The van der Waals surface area contributed by atoms with E-state index in [-0.39, 0.29) is 11.5 Å². The molecule has 126 valence electrons. The SMILES string of the molecule is Cc1ccccc1CN(C)C(=O)c1c(C)oc(-n2cccc2)c1C#N. The summed E-state index contributed by atoms with van der Waals surface area (Å²) >= 11 is 0. The number of amides is 1. The molecular formula is C20H19N3O2. The van der Waals surface area contributed by atoms with Gasteiger partial charge in [-0.3, -0.25) is 9.36 Å². The highest BCUT2D eigenvalue weighted by Gasteiger charge is 2.26. The first-order valence-corrected chi connectivity index (χ1v) is 7.99. The van der Waals surface area contributed by atoms with E-state index in [0.717, 1.165) is 11.1 Å². The predicted octanol–water partition coefficient (Wildman–Crippen LogP) is 3.83. The standard InChI is InChI=1S/C20H19N3O2/c1-14-8-4-5-9-16(14)13-22(3)19(24)18-15(2)25-20(17(18)12-21)23-10-6-7-11-23/h4-11H,13H2,1-3H3. The van der Waals surface area contributed by atoms with Crippen LogP contribution in [0.1, 0.15) is 32.8 Å². The molecule has 0 unspecified atom stereocenters. The molecule has 3 aromatic rings. The second kappa shape index (κ2) is 6.70. The average molecular weight is 333 g/mol. The fraction of sp³-hybridized carbons (Fsp3) is 0.200. The van der Waals surface area contributed by atoms with Crippen molar-refractivity contribution in [3.05, 3.63) is 76.8 Å². The van der Waals surface area contributed by atoms with Gasteiger partial charge < -0.3 is 9.32 Å². The molecule has 0 aliphatic rings. The second-order valence-corrected chi connectivity index (χ2v) is 6.00. The lowest BCUT2D eigenvalue weighted by molar-refractivity contribution is 0.0783. The van der Waals surface area contributed by atoms with Gasteiger partial charge in [-0.25, -0.2) is 0 Å². The van der Waals surface area contributed by atoms with Crippen LogP contribution < -0.4 is 0 Å². The Labute approximate surface area is 146 Å². The molecule has 2 heterocycles. The molecule has 0 N–H and O–H groups in total. The number of aryl methyl sites for hydroxylation is 2. The number of hydrogen-bond acceptors (Lipinski definition) is 3. The Balaban J connectivity index is 1.95. The molecule has 0 saturated heterocycles. The van der Waals surface area contributed by atoms with Crippen molar-refractivity contribution in [2.24, 2.45) is 0 Å². The van der Waals surface area contributed by atoms with Crippen molar-refractivity contribution in [2.45, 2.75) is 20.4 Å². The summed E-state index contributed by atoms with van der Waals surface area (Å²) in [5.41, 5.74) is 2.78. The summed E-state index contributed by atoms with van der Waals surface area (Å²) in [7, 11) is 1.73. The minimum Gasteiger partial charge on any atom is -0.443 e. The Morgan fingerprint density at radius 1 is 1.20 bits per heavy atom. The van der Waals surface area contributed by atoms with Gasteiger partial charge in [-0.2, -0.15) is 5.26 Å². The zero-order valence-corrected chi connectivity index (χ0v) is 14.5. The van der Waals surface area contributed by atoms with Gasteiger partial charge in [0.25, 0.3) is 5.91 Å². The van der Waals surface area contributed by atoms with Gasteiger partial charge in [-0.1, -0.05) is 24.3 Å². The molecule has 0 atom stereocenters. The number of hydrogen-bond donors (Lipinski definition) is 0. The summed E-state index contributed by atoms with van der Waals surface area (Å²) < 4.78 is 7.42. The molecule has 2 aromatic heterocycles. The molecule has 5 nitrogen and oxygen atoms in total. The Kier molecular flexibility index (Phi) is 4.44. The number of carbonyl (C=O) groups is 1. The number of benzene rings is 1. The maximum Gasteiger partial charge on any atom is 0.258 e. The summed E-state index contributed by atoms with van der Waals surface area (Å²) in [6.45, 7) is 4.20. The summed E-state index contributed by atoms with van der Waals surface area (Å²) in [4.78, 5) is 14.6. The molecule has 0 bridgehead atoms. The maximum absolute atomic E-state index is 12.9. The second-order valence-electron chi connectivity index (χ2n) is 6.00. The van der Waals surface area contributed by atoms with Crippen LogP contribution >= 0.6 is 0 Å². The van der Waals surface area contributed by atoms with Crippen LogP contribution in [-0.2, 0) is 6.54 Å². The van der Waals surface area contributed by atoms with Crippen LogP contribution in [0.3, 0.4) is 0 Å². The van der Waals surface area contributed by atoms with Gasteiger partial charge in [0.05, 0.1) is 0 Å². The van der Waals surface area contributed by atoms with E-state index in [0.29, 0.717) is 23.8 Å². The van der Waals surface area contributed by atoms with Crippen molar-refractivity contribution in [1.29, 1.82) is 5.26 Å². The van der Waals surface area contributed by atoms with E-state index in [1.807, 2.05) is 43.3 Å². The number of carbonyl (C=O) groups excluding carboxylic acids is 1. The minimum atomic E-state index is -0.223. The van der Waals surface area contributed by atoms with Crippen molar-refractivity contribution in [1.82, 2.24) is 9.47 Å². The number of nitrogens with zero attached hydrogens (tertiary/aromatic N) is 3. The predicted molar refractivity (Wildman–Crippen MR) is 94.5 cm³/mol. The lowest BCUT2D eigenvalue weighted by Gasteiger charge is -2.18. The van der Waals surface area contributed by atoms with E-state index >= 15 is 0 Å². The van der Waals surface area contributed by atoms with E-state index in [1.165, 1.54) is 0 Å². The first-order chi connectivity index (χ1) is 12.0. The molecular weight excluding hydrogens is 314 g/mol. The third-order valence-corrected chi connectivity index (χ3v) is 4.25. The highest BCUT2D eigenvalue weighted by molar-refractivity contribution is 5.98. The third-order valence-electron chi connectivity index (χ3n) is 4.25. The van der Waals surface area contributed by atoms with Crippen molar-refractivity contribution >= 4 is 5.91 Å². The summed E-state index contributed by atoms with van der Waals surface area (Å²) in [5, 5.41) is 9.58. The average Bonchev–Trinajstić information content (AvgIpc) is 3.23. The van der Waals surface area contributed by atoms with Gasteiger partial charge in [-0.05, 0) is 37.1 Å². The molecule has 1 aromatic carbocycles. The Bertz CT molecular complexity index is 946. The number of aromatic nitrogens is 1. The monoisotopic (exact) mass is 333 g/mol. The number of nitriles is 1. The Morgan fingerprint density at radius 2 is 1.88 bits per heavy atom. The quantitative estimate of drug-likeness (QED) is 0.729. The van der Waals surface area contributed by atoms with Gasteiger partial charge in [0.2, 0.25) is 5.88 Å². The fourth-order valence-corrected chi connectivity index (χ4v) is 2.85. The highest BCUT2D eigenvalue weighted by Crippen LogP contribution is 2.27. The van der Waals surface area contributed by atoms with Crippen LogP contribution in [0.15, 0.2) is 53.2 Å². The van der Waals surface area contributed by atoms with Crippen LogP contribution in [0.4, 0.5) is 0 Å². The minimum absolute atomic E-state index is 0.223. The van der Waals surface area contributed by atoms with E-state index < -0.39 is 0 Å². The van der Waals surface area contributed by atoms with Crippen LogP contribution in [0, 0.1) is 25.2 Å². The largest absolute Gasteiger partial charge is 0.443 e. The third kappa shape index (κ3) is 3.07. The van der Waals surface area contributed by atoms with Crippen molar-refractivity contribution in [3.8, 4) is 12.0 Å². The highest BCUT2D eigenvalue weighted by atomic mass is 16.4. The molecule has 0 fully saturated rings. The maximum atomic E-state index is 12.9. The van der Waals surface area contributed by atoms with Gasteiger partial charge in [0.15, 0.2) is 0 Å². The molecule has 3 rings (SSSR count). The molecule has 0 radical (unpaired) electrons. The van der Waals surface area contributed by atoms with Crippen molar-refractivity contribution in [2.75, 3.05) is 7.05 Å². The molecule has 0 aliphatic carbocycles. The van der Waals surface area contributed by atoms with Crippen LogP contribution in [0.25, 0.3) is 5.88 Å². The molecule has 5 heteroatoms. The Morgan fingerprint density at radius 3 is 2.52 bits per heavy atom. The van der Waals surface area contributed by atoms with Gasteiger partial charge in [0.1, 0.15) is 23.0 Å². The first kappa shape index (κ1) is 16.6. The number of furan rings is 1. The smallest absolute Gasteiger partial charge is 0.258 e. The molecule has 1 amide bonds. The zero-order chi connectivity index (χ0) is 18.0. The molecule has 0 saturated carbocycles. The zero-order valence-electron chi connectivity index (χ0n) is 14.5. The van der Waals surface area contributed by atoms with Crippen LogP contribution in [0.2, 0.25) is 0 Å². The molecule has 0 spiro atoms. The van der Waals surface area contributed by atoms with E-state index in [2.05, 4.69) is 6.07 Å². The normalized spacial score (nSPS) is 10.5.